The predicted molar refractivity (Wildman–Crippen MR) is 69.6 cm³/mol. The van der Waals surface area contributed by atoms with Crippen LogP contribution in [0, 0.1) is 11.7 Å². The minimum absolute atomic E-state index is 0.0547. The number of anilines is 1. The van der Waals surface area contributed by atoms with Crippen LogP contribution < -0.4 is 16.2 Å². The van der Waals surface area contributed by atoms with Gasteiger partial charge in [0.25, 0.3) is 6.02 Å². The van der Waals surface area contributed by atoms with Crippen molar-refractivity contribution in [1.29, 1.82) is 0 Å². The summed E-state index contributed by atoms with van der Waals surface area (Å²) in [5.74, 6) is -0.886. The number of amidine groups is 1. The molecular weight excluding hydrogens is 268 g/mol. The molecule has 1 aliphatic heterocycles. The molecule has 108 valence electrons. The number of fused-ring (bicyclic) bond motifs is 1. The Morgan fingerprint density at radius 3 is 2.90 bits per heavy atom. The number of nitrogens with two attached hydrogens (primary N) is 2. The second-order valence-corrected chi connectivity index (χ2v) is 5.09. The maximum Gasteiger partial charge on any atom is 0.283 e. The Morgan fingerprint density at radius 2 is 2.25 bits per heavy atom. The van der Waals surface area contributed by atoms with Crippen LogP contribution in [-0.2, 0) is 10.3 Å². The van der Waals surface area contributed by atoms with Crippen LogP contribution in [0.4, 0.5) is 14.5 Å². The van der Waals surface area contributed by atoms with Gasteiger partial charge in [-0.3, -0.25) is 0 Å². The van der Waals surface area contributed by atoms with Gasteiger partial charge in [-0.2, -0.15) is 0 Å². The summed E-state index contributed by atoms with van der Waals surface area (Å²) in [7, 11) is 1.32. The zero-order chi connectivity index (χ0) is 14.5. The van der Waals surface area contributed by atoms with Crippen LogP contribution in [0.2, 0.25) is 0 Å². The van der Waals surface area contributed by atoms with Crippen LogP contribution in [-0.4, -0.2) is 25.9 Å². The molecule has 3 atom stereocenters. The molecule has 4 N–H and O–H groups in total. The van der Waals surface area contributed by atoms with Crippen molar-refractivity contribution in [2.24, 2.45) is 16.6 Å². The topological polar surface area (TPSA) is 82.9 Å². The lowest BCUT2D eigenvalue weighted by atomic mass is 9.85. The van der Waals surface area contributed by atoms with E-state index >= 15 is 0 Å². The number of rotatable bonds is 3. The third-order valence-corrected chi connectivity index (χ3v) is 3.87. The average molecular weight is 283 g/mol. The summed E-state index contributed by atoms with van der Waals surface area (Å²) in [4.78, 5) is 4.11. The number of nitrogen functional groups attached to an aromatic ring is 1. The van der Waals surface area contributed by atoms with E-state index in [1.54, 1.807) is 0 Å². The Labute approximate surface area is 114 Å². The first kappa shape index (κ1) is 13.0. The fourth-order valence-electron chi connectivity index (χ4n) is 2.87. The summed E-state index contributed by atoms with van der Waals surface area (Å²) in [5, 5.41) is 0. The van der Waals surface area contributed by atoms with Crippen LogP contribution in [0.3, 0.4) is 0 Å². The Kier molecular flexibility index (Phi) is 2.74. The first-order chi connectivity index (χ1) is 9.51. The van der Waals surface area contributed by atoms with Gasteiger partial charge in [-0.1, -0.05) is 0 Å². The summed E-state index contributed by atoms with van der Waals surface area (Å²) in [6.45, 7) is -0.822. The fourth-order valence-corrected chi connectivity index (χ4v) is 2.87. The van der Waals surface area contributed by atoms with Gasteiger partial charge in [-0.25, -0.2) is 13.8 Å². The van der Waals surface area contributed by atoms with Gasteiger partial charge in [0.1, 0.15) is 18.3 Å². The molecule has 0 aromatic heterocycles. The lowest BCUT2D eigenvalue weighted by Gasteiger charge is -2.32. The Bertz CT molecular complexity index is 593. The van der Waals surface area contributed by atoms with Gasteiger partial charge in [0.2, 0.25) is 0 Å². The zero-order valence-corrected chi connectivity index (χ0v) is 10.9. The van der Waals surface area contributed by atoms with E-state index in [0.717, 1.165) is 6.07 Å². The van der Waals surface area contributed by atoms with E-state index in [1.165, 1.54) is 13.2 Å². The first-order valence-corrected chi connectivity index (χ1v) is 6.23. The quantitative estimate of drug-likeness (QED) is 0.819. The van der Waals surface area contributed by atoms with Gasteiger partial charge in [-0.15, -0.1) is 0 Å². The van der Waals surface area contributed by atoms with E-state index in [9.17, 15) is 8.78 Å². The minimum Gasteiger partial charge on any atom is -0.493 e. The smallest absolute Gasteiger partial charge is 0.283 e. The molecule has 0 radical (unpaired) electrons. The van der Waals surface area contributed by atoms with Crippen molar-refractivity contribution in [1.82, 2.24) is 0 Å². The molecule has 20 heavy (non-hydrogen) atoms. The largest absolute Gasteiger partial charge is 0.493 e. The van der Waals surface area contributed by atoms with Crippen LogP contribution in [0.5, 0.6) is 5.75 Å². The Hall–Kier alpha value is -2.05. The number of hydrogen-bond donors (Lipinski definition) is 2. The Balaban J connectivity index is 2.22. The molecule has 5 nitrogen and oxygen atoms in total. The molecule has 3 unspecified atom stereocenters. The third kappa shape index (κ3) is 1.69. The number of benzene rings is 1. The van der Waals surface area contributed by atoms with E-state index < -0.39 is 18.0 Å². The van der Waals surface area contributed by atoms with Crippen molar-refractivity contribution in [3.05, 3.63) is 23.5 Å². The number of aliphatic imine (C=N–C) groups is 1. The van der Waals surface area contributed by atoms with E-state index in [2.05, 4.69) is 4.99 Å². The standard InChI is InChI=1S/C13H15F2N3O2/c1-19-11-8(2-6(16)3-9(11)15)13(5-14)7-4-10(7)20-12(17)18-13/h2-3,7,10H,4-5,16H2,1H3,(H2,17,18). The Morgan fingerprint density at radius 1 is 1.50 bits per heavy atom. The van der Waals surface area contributed by atoms with Crippen molar-refractivity contribution in [3.63, 3.8) is 0 Å². The number of halogens is 2. The summed E-state index contributed by atoms with van der Waals surface area (Å²) in [6.07, 6.45) is 0.436. The van der Waals surface area contributed by atoms with E-state index in [0.29, 0.717) is 6.42 Å². The average Bonchev–Trinajstić information content (AvgIpc) is 3.16. The highest BCUT2D eigenvalue weighted by molar-refractivity contribution is 5.74. The SMILES string of the molecule is COc1c(F)cc(N)cc1C1(CF)N=C(N)OC2CC21. The number of nitrogens with zero attached hydrogens (tertiary/aromatic N) is 1. The molecule has 0 amide bonds. The fraction of sp³-hybridized carbons (Fsp3) is 0.462. The van der Waals surface area contributed by atoms with Gasteiger partial charge >= 0.3 is 0 Å². The maximum atomic E-state index is 14.0. The van der Waals surface area contributed by atoms with Crippen molar-refractivity contribution in [2.75, 3.05) is 19.5 Å². The predicted octanol–water partition coefficient (Wildman–Crippen LogP) is 1.31. The normalized spacial score (nSPS) is 31.1. The van der Waals surface area contributed by atoms with E-state index in [4.69, 9.17) is 20.9 Å². The van der Waals surface area contributed by atoms with Gasteiger partial charge in [0, 0.05) is 23.2 Å². The van der Waals surface area contributed by atoms with Crippen molar-refractivity contribution < 1.29 is 18.3 Å². The number of ether oxygens (including phenoxy) is 2. The lowest BCUT2D eigenvalue weighted by molar-refractivity contribution is 0.167. The van der Waals surface area contributed by atoms with Crippen molar-refractivity contribution in [2.45, 2.75) is 18.1 Å². The molecule has 0 saturated heterocycles. The highest BCUT2D eigenvalue weighted by Gasteiger charge is 2.60. The molecule has 7 heteroatoms. The molecule has 1 fully saturated rings. The van der Waals surface area contributed by atoms with E-state index in [-0.39, 0.29) is 35.0 Å². The molecule has 1 aliphatic carbocycles. The van der Waals surface area contributed by atoms with Crippen molar-refractivity contribution >= 4 is 11.7 Å². The van der Waals surface area contributed by atoms with Crippen LogP contribution in [0.1, 0.15) is 12.0 Å². The van der Waals surface area contributed by atoms with Crippen LogP contribution in [0.25, 0.3) is 0 Å². The molecular formula is C13H15F2N3O2. The molecule has 0 bridgehead atoms. The van der Waals surface area contributed by atoms with Gasteiger partial charge in [-0.05, 0) is 12.5 Å². The minimum atomic E-state index is -1.28. The molecule has 1 aromatic rings. The summed E-state index contributed by atoms with van der Waals surface area (Å²) >= 11 is 0. The molecule has 1 saturated carbocycles. The second kappa shape index (κ2) is 4.22. The molecule has 1 aromatic carbocycles. The first-order valence-electron chi connectivity index (χ1n) is 6.23. The maximum absolute atomic E-state index is 14.0. The van der Waals surface area contributed by atoms with Gasteiger partial charge in [0.05, 0.1) is 7.11 Å². The third-order valence-electron chi connectivity index (χ3n) is 3.87. The molecule has 2 aliphatic rings. The van der Waals surface area contributed by atoms with Gasteiger partial charge < -0.3 is 20.9 Å². The summed E-state index contributed by atoms with van der Waals surface area (Å²) in [6, 6.07) is 2.52. The number of alkyl halides is 1. The lowest BCUT2D eigenvalue weighted by Crippen LogP contribution is -2.39. The number of hydrogen-bond acceptors (Lipinski definition) is 5. The highest BCUT2D eigenvalue weighted by atomic mass is 19.1. The summed E-state index contributed by atoms with van der Waals surface area (Å²) in [5.41, 5.74) is 10.4. The monoisotopic (exact) mass is 283 g/mol. The molecule has 0 spiro atoms. The summed E-state index contributed by atoms with van der Waals surface area (Å²) < 4.78 is 38.1. The van der Waals surface area contributed by atoms with Crippen molar-refractivity contribution in [3.8, 4) is 5.75 Å². The van der Waals surface area contributed by atoms with Crippen LogP contribution in [0.15, 0.2) is 17.1 Å². The van der Waals surface area contributed by atoms with Gasteiger partial charge in [0.15, 0.2) is 11.6 Å². The number of methoxy groups -OCH3 is 1. The highest BCUT2D eigenvalue weighted by Crippen LogP contribution is 2.55. The second-order valence-electron chi connectivity index (χ2n) is 5.09. The zero-order valence-electron chi connectivity index (χ0n) is 10.9. The van der Waals surface area contributed by atoms with E-state index in [1.807, 2.05) is 0 Å². The molecule has 1 heterocycles. The molecule has 3 rings (SSSR count). The van der Waals surface area contributed by atoms with Crippen LogP contribution >= 0.6 is 0 Å².